The van der Waals surface area contributed by atoms with Crippen LogP contribution in [0.5, 0.6) is 0 Å². The van der Waals surface area contributed by atoms with E-state index in [9.17, 15) is 0 Å². The van der Waals surface area contributed by atoms with Gasteiger partial charge in [0.25, 0.3) is 0 Å². The lowest BCUT2D eigenvalue weighted by molar-refractivity contribution is 0.176. The van der Waals surface area contributed by atoms with Crippen LogP contribution in [0.3, 0.4) is 0 Å². The fraction of sp³-hybridized carbons (Fsp3) is 0.583. The van der Waals surface area contributed by atoms with Crippen molar-refractivity contribution in [1.29, 1.82) is 0 Å². The summed E-state index contributed by atoms with van der Waals surface area (Å²) in [5.74, 6) is 1.65. The molecule has 1 aliphatic carbocycles. The highest BCUT2D eigenvalue weighted by Crippen LogP contribution is 2.43. The monoisotopic (exact) mass is 425 g/mol. The Hall–Kier alpha value is -1.92. The maximum Gasteiger partial charge on any atom is 0.191 e. The van der Waals surface area contributed by atoms with Gasteiger partial charge in [0.2, 0.25) is 0 Å². The lowest BCUT2D eigenvalue weighted by atomic mass is 9.64. The quantitative estimate of drug-likeness (QED) is 0.521. The first-order chi connectivity index (χ1) is 14.7. The van der Waals surface area contributed by atoms with E-state index in [4.69, 9.17) is 0 Å². The van der Waals surface area contributed by atoms with Crippen molar-refractivity contribution in [1.82, 2.24) is 20.5 Å². The first-order valence-corrected chi connectivity index (χ1v) is 12.2. The Labute approximate surface area is 185 Å². The lowest BCUT2D eigenvalue weighted by Crippen LogP contribution is -2.50. The lowest BCUT2D eigenvalue weighted by Gasteiger charge is -2.43. The number of piperidine rings is 1. The number of benzene rings is 1. The number of hydrogen-bond acceptors (Lipinski definition) is 4. The normalized spacial score (nSPS) is 20.0. The highest BCUT2D eigenvalue weighted by Gasteiger charge is 2.38. The Morgan fingerprint density at radius 2 is 1.97 bits per heavy atom. The first kappa shape index (κ1) is 21.3. The average molecular weight is 426 g/mol. The third-order valence-corrected chi connectivity index (χ3v) is 7.65. The van der Waals surface area contributed by atoms with Gasteiger partial charge in [-0.25, -0.2) is 4.98 Å². The summed E-state index contributed by atoms with van der Waals surface area (Å²) in [5, 5.41) is 10.6. The molecule has 2 aliphatic rings. The summed E-state index contributed by atoms with van der Waals surface area (Å²) in [5.41, 5.74) is 2.96. The van der Waals surface area contributed by atoms with Crippen molar-refractivity contribution in [2.45, 2.75) is 51.0 Å². The molecular formula is C24H35N5S. The summed E-state index contributed by atoms with van der Waals surface area (Å²) in [6.07, 6.45) is 6.32. The standard InChI is InChI=1S/C24H35N5S/c1-19-28-22(17-30-19)16-29-13-9-20(10-14-29)15-26-23(25-2)27-18-24(11-6-12-24)21-7-4-3-5-8-21/h3-5,7-8,17,20H,6,9-16,18H2,1-2H3,(H2,25,26,27). The van der Waals surface area contributed by atoms with Gasteiger partial charge in [0.05, 0.1) is 10.7 Å². The van der Waals surface area contributed by atoms with E-state index in [1.165, 1.54) is 48.4 Å². The largest absolute Gasteiger partial charge is 0.356 e. The van der Waals surface area contributed by atoms with Crippen molar-refractivity contribution < 1.29 is 0 Å². The topological polar surface area (TPSA) is 52.6 Å². The van der Waals surface area contributed by atoms with E-state index in [1.54, 1.807) is 11.3 Å². The molecule has 0 spiro atoms. The van der Waals surface area contributed by atoms with Crippen molar-refractivity contribution >= 4 is 17.3 Å². The van der Waals surface area contributed by atoms with Gasteiger partial charge in [0.1, 0.15) is 0 Å². The zero-order valence-electron chi connectivity index (χ0n) is 18.4. The Bertz CT molecular complexity index is 819. The summed E-state index contributed by atoms with van der Waals surface area (Å²) in [7, 11) is 1.88. The minimum atomic E-state index is 0.276. The molecule has 162 valence electrons. The van der Waals surface area contributed by atoms with Crippen LogP contribution >= 0.6 is 11.3 Å². The predicted molar refractivity (Wildman–Crippen MR) is 126 cm³/mol. The van der Waals surface area contributed by atoms with Gasteiger partial charge < -0.3 is 10.6 Å². The highest BCUT2D eigenvalue weighted by atomic mass is 32.1. The van der Waals surface area contributed by atoms with Crippen LogP contribution in [0.15, 0.2) is 40.7 Å². The fourth-order valence-electron chi connectivity index (χ4n) is 4.74. The molecule has 2 N–H and O–H groups in total. The molecule has 0 atom stereocenters. The van der Waals surface area contributed by atoms with Gasteiger partial charge in [-0.3, -0.25) is 9.89 Å². The minimum absolute atomic E-state index is 0.276. The molecule has 1 saturated carbocycles. The number of rotatable bonds is 7. The van der Waals surface area contributed by atoms with Gasteiger partial charge in [-0.2, -0.15) is 0 Å². The van der Waals surface area contributed by atoms with Crippen LogP contribution < -0.4 is 10.6 Å². The van der Waals surface area contributed by atoms with Crippen molar-refractivity contribution in [2.75, 3.05) is 33.2 Å². The second kappa shape index (κ2) is 9.92. The number of hydrogen-bond donors (Lipinski definition) is 2. The molecule has 0 radical (unpaired) electrons. The Balaban J connectivity index is 1.20. The molecule has 2 fully saturated rings. The number of nitrogens with zero attached hydrogens (tertiary/aromatic N) is 3. The molecule has 2 heterocycles. The molecule has 1 saturated heterocycles. The number of aliphatic imine (C=N–C) groups is 1. The average Bonchev–Trinajstić information content (AvgIpc) is 3.16. The zero-order valence-corrected chi connectivity index (χ0v) is 19.2. The number of thiazole rings is 1. The third kappa shape index (κ3) is 5.22. The van der Waals surface area contributed by atoms with E-state index in [2.05, 4.69) is 68.1 Å². The van der Waals surface area contributed by atoms with Gasteiger partial charge in [0.15, 0.2) is 5.96 Å². The fourth-order valence-corrected chi connectivity index (χ4v) is 5.34. The smallest absolute Gasteiger partial charge is 0.191 e. The molecule has 1 aromatic heterocycles. The highest BCUT2D eigenvalue weighted by molar-refractivity contribution is 7.09. The van der Waals surface area contributed by atoms with E-state index >= 15 is 0 Å². The van der Waals surface area contributed by atoms with Crippen LogP contribution in [0.4, 0.5) is 0 Å². The van der Waals surface area contributed by atoms with Gasteiger partial charge in [-0.05, 0) is 57.2 Å². The number of guanidine groups is 1. The third-order valence-electron chi connectivity index (χ3n) is 6.83. The van der Waals surface area contributed by atoms with E-state index < -0.39 is 0 Å². The van der Waals surface area contributed by atoms with Gasteiger partial charge in [0, 0.05) is 37.5 Å². The van der Waals surface area contributed by atoms with Gasteiger partial charge in [-0.1, -0.05) is 36.8 Å². The van der Waals surface area contributed by atoms with Gasteiger partial charge >= 0.3 is 0 Å². The molecule has 30 heavy (non-hydrogen) atoms. The van der Waals surface area contributed by atoms with Crippen LogP contribution in [-0.4, -0.2) is 49.1 Å². The summed E-state index contributed by atoms with van der Waals surface area (Å²) in [6, 6.07) is 11.0. The summed E-state index contributed by atoms with van der Waals surface area (Å²) in [6.45, 7) is 7.36. The zero-order chi connectivity index (χ0) is 20.8. The number of likely N-dealkylation sites (tertiary alicyclic amines) is 1. The maximum absolute atomic E-state index is 4.61. The van der Waals surface area contributed by atoms with E-state index in [1.807, 2.05) is 7.05 Å². The Morgan fingerprint density at radius 3 is 2.57 bits per heavy atom. The maximum atomic E-state index is 4.61. The van der Waals surface area contributed by atoms with E-state index in [0.29, 0.717) is 5.92 Å². The summed E-state index contributed by atoms with van der Waals surface area (Å²) < 4.78 is 0. The molecule has 0 amide bonds. The Morgan fingerprint density at radius 1 is 1.20 bits per heavy atom. The summed E-state index contributed by atoms with van der Waals surface area (Å²) in [4.78, 5) is 11.6. The second-order valence-electron chi connectivity index (χ2n) is 8.88. The predicted octanol–water partition coefficient (Wildman–Crippen LogP) is 3.95. The van der Waals surface area contributed by atoms with Crippen molar-refractivity contribution in [3.8, 4) is 0 Å². The molecule has 0 unspecified atom stereocenters. The number of nitrogens with one attached hydrogen (secondary N) is 2. The van der Waals surface area contributed by atoms with Crippen molar-refractivity contribution in [3.05, 3.63) is 52.0 Å². The molecule has 1 aliphatic heterocycles. The molecular weight excluding hydrogens is 390 g/mol. The van der Waals surface area contributed by atoms with Crippen LogP contribution in [0.25, 0.3) is 0 Å². The van der Waals surface area contributed by atoms with Crippen molar-refractivity contribution in [2.24, 2.45) is 10.9 Å². The van der Waals surface area contributed by atoms with Crippen LogP contribution in [0.2, 0.25) is 0 Å². The molecule has 4 rings (SSSR count). The van der Waals surface area contributed by atoms with E-state index in [-0.39, 0.29) is 5.41 Å². The summed E-state index contributed by atoms with van der Waals surface area (Å²) >= 11 is 1.75. The minimum Gasteiger partial charge on any atom is -0.356 e. The molecule has 1 aromatic carbocycles. The first-order valence-electron chi connectivity index (χ1n) is 11.3. The SMILES string of the molecule is CN=C(NCC1CCN(Cc2csc(C)n2)CC1)NCC1(c2ccccc2)CCC1. The van der Waals surface area contributed by atoms with Gasteiger partial charge in [-0.15, -0.1) is 11.3 Å². The molecule has 5 nitrogen and oxygen atoms in total. The van der Waals surface area contributed by atoms with Crippen LogP contribution in [0.1, 0.15) is 48.4 Å². The second-order valence-corrected chi connectivity index (χ2v) is 9.95. The van der Waals surface area contributed by atoms with Crippen molar-refractivity contribution in [3.63, 3.8) is 0 Å². The van der Waals surface area contributed by atoms with Crippen LogP contribution in [-0.2, 0) is 12.0 Å². The molecule has 6 heteroatoms. The molecule has 0 bridgehead atoms. The number of aromatic nitrogens is 1. The number of aryl methyl sites for hydroxylation is 1. The Kier molecular flexibility index (Phi) is 7.05. The van der Waals surface area contributed by atoms with E-state index in [0.717, 1.165) is 38.7 Å². The van der Waals surface area contributed by atoms with Crippen LogP contribution in [0, 0.1) is 12.8 Å². The molecule has 2 aromatic rings.